The molecule has 0 aliphatic heterocycles. The van der Waals surface area contributed by atoms with Crippen molar-refractivity contribution >= 4 is 0 Å². The average molecular weight is 290 g/mol. The van der Waals surface area contributed by atoms with Crippen LogP contribution in [-0.4, -0.2) is 0 Å². The maximum atomic E-state index is 13.7. The number of halogens is 6. The quantitative estimate of drug-likeness (QED) is 0.641. The third kappa shape index (κ3) is 2.50. The van der Waals surface area contributed by atoms with Crippen LogP contribution in [-0.2, 0) is 6.18 Å². The average Bonchev–Trinajstić information content (AvgIpc) is 2.36. The molecule has 0 fully saturated rings. The lowest BCUT2D eigenvalue weighted by Gasteiger charge is -2.11. The van der Waals surface area contributed by atoms with Crippen molar-refractivity contribution in [3.8, 4) is 11.1 Å². The molecule has 20 heavy (non-hydrogen) atoms. The largest absolute Gasteiger partial charge is 0.419 e. The van der Waals surface area contributed by atoms with Gasteiger partial charge in [0.2, 0.25) is 0 Å². The first-order valence-corrected chi connectivity index (χ1v) is 5.53. The van der Waals surface area contributed by atoms with Crippen molar-refractivity contribution in [2.75, 3.05) is 0 Å². The van der Waals surface area contributed by atoms with Crippen molar-refractivity contribution in [1.82, 2.24) is 0 Å². The summed E-state index contributed by atoms with van der Waals surface area (Å²) in [5.41, 5.74) is -2.08. The molecule has 0 aliphatic rings. The summed E-state index contributed by atoms with van der Waals surface area (Å²) in [4.78, 5) is 0. The summed E-state index contributed by atoms with van der Waals surface area (Å²) in [5, 5.41) is 0. The van der Waals surface area contributed by atoms with Crippen LogP contribution in [0.25, 0.3) is 11.1 Å². The topological polar surface area (TPSA) is 0 Å². The molecule has 2 aromatic carbocycles. The fourth-order valence-electron chi connectivity index (χ4n) is 1.78. The second-order valence-corrected chi connectivity index (χ2v) is 4.25. The molecule has 106 valence electrons. The summed E-state index contributed by atoms with van der Waals surface area (Å²) in [6.07, 6.45) is -4.90. The standard InChI is InChI=1S/C14H8F6/c1-7-2-4-9(13(17)12(7)16)8-3-5-11(15)10(6-8)14(18,19)20/h2-6H,1H3. The van der Waals surface area contributed by atoms with E-state index in [2.05, 4.69) is 0 Å². The Morgan fingerprint density at radius 2 is 1.50 bits per heavy atom. The third-order valence-electron chi connectivity index (χ3n) is 2.86. The van der Waals surface area contributed by atoms with E-state index in [-0.39, 0.29) is 16.7 Å². The highest BCUT2D eigenvalue weighted by Crippen LogP contribution is 2.35. The minimum absolute atomic E-state index is 0.0319. The van der Waals surface area contributed by atoms with Gasteiger partial charge in [0, 0.05) is 5.56 Å². The zero-order valence-electron chi connectivity index (χ0n) is 10.2. The summed E-state index contributed by atoms with van der Waals surface area (Å²) in [7, 11) is 0. The van der Waals surface area contributed by atoms with E-state index in [1.807, 2.05) is 0 Å². The van der Waals surface area contributed by atoms with Gasteiger partial charge < -0.3 is 0 Å². The first-order valence-electron chi connectivity index (χ1n) is 5.53. The van der Waals surface area contributed by atoms with Crippen LogP contribution in [0.15, 0.2) is 30.3 Å². The lowest BCUT2D eigenvalue weighted by molar-refractivity contribution is -0.139. The van der Waals surface area contributed by atoms with E-state index in [0.29, 0.717) is 12.1 Å². The molecular weight excluding hydrogens is 282 g/mol. The molecule has 0 aromatic heterocycles. The molecule has 0 aliphatic carbocycles. The maximum absolute atomic E-state index is 13.7. The van der Waals surface area contributed by atoms with Gasteiger partial charge in [-0.2, -0.15) is 13.2 Å². The summed E-state index contributed by atoms with van der Waals surface area (Å²) in [6.45, 7) is 1.33. The van der Waals surface area contributed by atoms with Crippen molar-refractivity contribution in [1.29, 1.82) is 0 Å². The van der Waals surface area contributed by atoms with Gasteiger partial charge in [-0.15, -0.1) is 0 Å². The minimum atomic E-state index is -4.90. The number of hydrogen-bond donors (Lipinski definition) is 0. The molecule has 0 radical (unpaired) electrons. The molecule has 0 heterocycles. The molecular formula is C14H8F6. The molecule has 0 saturated heterocycles. The van der Waals surface area contributed by atoms with E-state index >= 15 is 0 Å². The van der Waals surface area contributed by atoms with Crippen LogP contribution in [0.3, 0.4) is 0 Å². The van der Waals surface area contributed by atoms with Gasteiger partial charge in [0.1, 0.15) is 5.82 Å². The molecule has 0 unspecified atom stereocenters. The zero-order valence-corrected chi connectivity index (χ0v) is 10.2. The van der Waals surface area contributed by atoms with Crippen LogP contribution in [0.4, 0.5) is 26.3 Å². The van der Waals surface area contributed by atoms with Gasteiger partial charge in [0.05, 0.1) is 5.56 Å². The van der Waals surface area contributed by atoms with Crippen LogP contribution in [0.2, 0.25) is 0 Å². The van der Waals surface area contributed by atoms with Gasteiger partial charge in [-0.1, -0.05) is 18.2 Å². The Morgan fingerprint density at radius 3 is 2.10 bits per heavy atom. The number of benzene rings is 2. The zero-order chi connectivity index (χ0) is 15.1. The predicted molar refractivity (Wildman–Crippen MR) is 61.5 cm³/mol. The Balaban J connectivity index is 2.63. The summed E-state index contributed by atoms with van der Waals surface area (Å²) in [5.74, 6) is -3.86. The van der Waals surface area contributed by atoms with Gasteiger partial charge >= 0.3 is 6.18 Å². The number of rotatable bonds is 1. The van der Waals surface area contributed by atoms with E-state index in [1.165, 1.54) is 13.0 Å². The smallest absolute Gasteiger partial charge is 0.206 e. The monoisotopic (exact) mass is 290 g/mol. The predicted octanol–water partition coefficient (Wildman–Crippen LogP) is 5.10. The second-order valence-electron chi connectivity index (χ2n) is 4.25. The molecule has 0 spiro atoms. The van der Waals surface area contributed by atoms with Crippen LogP contribution in [0.1, 0.15) is 11.1 Å². The molecule has 0 nitrogen and oxygen atoms in total. The maximum Gasteiger partial charge on any atom is 0.419 e. The molecule has 0 saturated carbocycles. The Morgan fingerprint density at radius 1 is 0.850 bits per heavy atom. The molecule has 6 heteroatoms. The molecule has 0 bridgehead atoms. The third-order valence-corrected chi connectivity index (χ3v) is 2.86. The van der Waals surface area contributed by atoms with Crippen molar-refractivity contribution in [3.05, 3.63) is 58.9 Å². The summed E-state index contributed by atoms with van der Waals surface area (Å²) in [6, 6.07) is 4.40. The highest BCUT2D eigenvalue weighted by molar-refractivity contribution is 5.65. The Bertz CT molecular complexity index is 657. The Labute approximate surface area is 110 Å². The van der Waals surface area contributed by atoms with Crippen molar-refractivity contribution < 1.29 is 26.3 Å². The molecule has 0 atom stereocenters. The summed E-state index contributed by atoms with van der Waals surface area (Å²) < 4.78 is 78.0. The van der Waals surface area contributed by atoms with Gasteiger partial charge in [-0.3, -0.25) is 0 Å². The van der Waals surface area contributed by atoms with Crippen molar-refractivity contribution in [3.63, 3.8) is 0 Å². The van der Waals surface area contributed by atoms with Gasteiger partial charge in [-0.05, 0) is 30.2 Å². The normalized spacial score (nSPS) is 11.8. The van der Waals surface area contributed by atoms with Crippen molar-refractivity contribution in [2.45, 2.75) is 13.1 Å². The first kappa shape index (κ1) is 14.4. The molecule has 2 rings (SSSR count). The Kier molecular flexibility index (Phi) is 3.50. The van der Waals surface area contributed by atoms with Crippen LogP contribution in [0, 0.1) is 24.4 Å². The fraction of sp³-hybridized carbons (Fsp3) is 0.143. The SMILES string of the molecule is Cc1ccc(-c2ccc(F)c(C(F)(F)F)c2)c(F)c1F. The van der Waals surface area contributed by atoms with Crippen molar-refractivity contribution in [2.24, 2.45) is 0 Å². The van der Waals surface area contributed by atoms with E-state index in [9.17, 15) is 26.3 Å². The number of alkyl halides is 3. The highest BCUT2D eigenvalue weighted by Gasteiger charge is 2.34. The second kappa shape index (κ2) is 4.85. The van der Waals surface area contributed by atoms with E-state index in [4.69, 9.17) is 0 Å². The fourth-order valence-corrected chi connectivity index (χ4v) is 1.78. The lowest BCUT2D eigenvalue weighted by Crippen LogP contribution is -2.08. The lowest BCUT2D eigenvalue weighted by atomic mass is 10.0. The van der Waals surface area contributed by atoms with Gasteiger partial charge in [-0.25, -0.2) is 13.2 Å². The Hall–Kier alpha value is -1.98. The minimum Gasteiger partial charge on any atom is -0.206 e. The van der Waals surface area contributed by atoms with E-state index < -0.39 is 29.2 Å². The molecule has 0 N–H and O–H groups in total. The highest BCUT2D eigenvalue weighted by atomic mass is 19.4. The number of hydrogen-bond acceptors (Lipinski definition) is 0. The van der Waals surface area contributed by atoms with Crippen LogP contribution >= 0.6 is 0 Å². The van der Waals surface area contributed by atoms with E-state index in [0.717, 1.165) is 12.1 Å². The first-order chi connectivity index (χ1) is 9.21. The molecule has 2 aromatic rings. The van der Waals surface area contributed by atoms with Crippen LogP contribution < -0.4 is 0 Å². The van der Waals surface area contributed by atoms with Crippen LogP contribution in [0.5, 0.6) is 0 Å². The number of aryl methyl sites for hydroxylation is 1. The molecule has 0 amide bonds. The van der Waals surface area contributed by atoms with Gasteiger partial charge in [0.25, 0.3) is 0 Å². The van der Waals surface area contributed by atoms with E-state index in [1.54, 1.807) is 0 Å². The van der Waals surface area contributed by atoms with Gasteiger partial charge in [0.15, 0.2) is 11.6 Å². The summed E-state index contributed by atoms with van der Waals surface area (Å²) >= 11 is 0.